The van der Waals surface area contributed by atoms with Crippen LogP contribution in [-0.4, -0.2) is 21.4 Å². The Labute approximate surface area is 167 Å². The van der Waals surface area contributed by atoms with Crippen LogP contribution in [0.1, 0.15) is 10.4 Å². The SMILES string of the molecule is CN(c1ccccc1)S(=O)(=O)c1ccc(C(=O)Nc2ccc(Cl)cc2F)cc1. The zero-order valence-electron chi connectivity index (χ0n) is 14.8. The molecular formula is C20H16ClFN2O3S. The Morgan fingerprint density at radius 2 is 1.64 bits per heavy atom. The van der Waals surface area contributed by atoms with Crippen LogP contribution in [0.5, 0.6) is 0 Å². The second-order valence-corrected chi connectivity index (χ2v) is 8.32. The molecule has 0 spiro atoms. The first-order chi connectivity index (χ1) is 13.3. The first-order valence-corrected chi connectivity index (χ1v) is 10.0. The molecule has 0 heterocycles. The molecule has 0 aromatic heterocycles. The molecule has 0 fully saturated rings. The monoisotopic (exact) mass is 418 g/mol. The lowest BCUT2D eigenvalue weighted by atomic mass is 10.2. The maximum Gasteiger partial charge on any atom is 0.264 e. The lowest BCUT2D eigenvalue weighted by molar-refractivity contribution is 0.102. The van der Waals surface area contributed by atoms with Gasteiger partial charge in [0.15, 0.2) is 0 Å². The van der Waals surface area contributed by atoms with Gasteiger partial charge >= 0.3 is 0 Å². The van der Waals surface area contributed by atoms with Gasteiger partial charge in [-0.2, -0.15) is 0 Å². The van der Waals surface area contributed by atoms with Crippen LogP contribution in [0.2, 0.25) is 5.02 Å². The molecule has 5 nitrogen and oxygen atoms in total. The van der Waals surface area contributed by atoms with Crippen LogP contribution in [0.25, 0.3) is 0 Å². The Morgan fingerprint density at radius 1 is 1.00 bits per heavy atom. The van der Waals surface area contributed by atoms with Crippen molar-refractivity contribution in [2.24, 2.45) is 0 Å². The number of hydrogen-bond acceptors (Lipinski definition) is 3. The third-order valence-electron chi connectivity index (χ3n) is 4.07. The number of rotatable bonds is 5. The van der Waals surface area contributed by atoms with Crippen molar-refractivity contribution in [3.8, 4) is 0 Å². The molecule has 0 saturated carbocycles. The van der Waals surface area contributed by atoms with Crippen molar-refractivity contribution in [2.75, 3.05) is 16.7 Å². The Bertz CT molecular complexity index is 1100. The van der Waals surface area contributed by atoms with E-state index in [2.05, 4.69) is 5.32 Å². The van der Waals surface area contributed by atoms with Gasteiger partial charge in [-0.05, 0) is 54.6 Å². The van der Waals surface area contributed by atoms with Gasteiger partial charge < -0.3 is 5.32 Å². The van der Waals surface area contributed by atoms with Crippen molar-refractivity contribution in [3.05, 3.63) is 89.2 Å². The minimum absolute atomic E-state index is 0.0186. The van der Waals surface area contributed by atoms with Crippen molar-refractivity contribution in [1.82, 2.24) is 0 Å². The second kappa shape index (κ2) is 8.00. The minimum atomic E-state index is -3.78. The molecule has 144 valence electrons. The molecule has 0 atom stereocenters. The fraction of sp³-hybridized carbons (Fsp3) is 0.0500. The van der Waals surface area contributed by atoms with Gasteiger partial charge in [-0.1, -0.05) is 29.8 Å². The van der Waals surface area contributed by atoms with E-state index in [9.17, 15) is 17.6 Å². The summed E-state index contributed by atoms with van der Waals surface area (Å²) in [4.78, 5) is 12.3. The number of sulfonamides is 1. The van der Waals surface area contributed by atoms with Gasteiger partial charge in [-0.25, -0.2) is 12.8 Å². The number of carbonyl (C=O) groups is 1. The van der Waals surface area contributed by atoms with Crippen LogP contribution in [0, 0.1) is 5.82 Å². The third kappa shape index (κ3) is 4.16. The summed E-state index contributed by atoms with van der Waals surface area (Å²) in [5.41, 5.74) is 0.688. The van der Waals surface area contributed by atoms with Crippen LogP contribution in [-0.2, 0) is 10.0 Å². The standard InChI is InChI=1S/C20H16ClFN2O3S/c1-24(16-5-3-2-4-6-16)28(26,27)17-10-7-14(8-11-17)20(25)23-19-12-9-15(21)13-18(19)22/h2-13H,1H3,(H,23,25). The number of anilines is 2. The maximum atomic E-state index is 13.8. The average molecular weight is 419 g/mol. The smallest absolute Gasteiger partial charge is 0.264 e. The van der Waals surface area contributed by atoms with E-state index in [1.54, 1.807) is 30.3 Å². The zero-order valence-corrected chi connectivity index (χ0v) is 16.3. The fourth-order valence-electron chi connectivity index (χ4n) is 2.50. The number of nitrogens with zero attached hydrogens (tertiary/aromatic N) is 1. The summed E-state index contributed by atoms with van der Waals surface area (Å²) < 4.78 is 40.5. The van der Waals surface area contributed by atoms with Gasteiger partial charge in [-0.3, -0.25) is 9.10 Å². The molecule has 0 aliphatic carbocycles. The second-order valence-electron chi connectivity index (χ2n) is 5.91. The highest BCUT2D eigenvalue weighted by Gasteiger charge is 2.21. The topological polar surface area (TPSA) is 66.5 Å². The number of halogens is 2. The highest BCUT2D eigenvalue weighted by molar-refractivity contribution is 7.92. The Kier molecular flexibility index (Phi) is 5.67. The van der Waals surface area contributed by atoms with Gasteiger partial charge in [0.1, 0.15) is 5.82 Å². The van der Waals surface area contributed by atoms with Crippen LogP contribution >= 0.6 is 11.6 Å². The summed E-state index contributed by atoms with van der Waals surface area (Å²) >= 11 is 5.69. The molecule has 28 heavy (non-hydrogen) atoms. The molecule has 3 aromatic carbocycles. The summed E-state index contributed by atoms with van der Waals surface area (Å²) in [6.45, 7) is 0. The molecule has 0 radical (unpaired) electrons. The molecule has 3 aromatic rings. The molecule has 0 unspecified atom stereocenters. The molecule has 3 rings (SSSR count). The minimum Gasteiger partial charge on any atom is -0.319 e. The van der Waals surface area contributed by atoms with E-state index in [0.29, 0.717) is 5.69 Å². The third-order valence-corrected chi connectivity index (χ3v) is 6.11. The molecule has 1 amide bonds. The van der Waals surface area contributed by atoms with E-state index in [4.69, 9.17) is 11.6 Å². The van der Waals surface area contributed by atoms with Gasteiger partial charge in [0.25, 0.3) is 15.9 Å². The van der Waals surface area contributed by atoms with Crippen molar-refractivity contribution in [3.63, 3.8) is 0 Å². The molecule has 8 heteroatoms. The first-order valence-electron chi connectivity index (χ1n) is 8.19. The molecule has 0 aliphatic rings. The van der Waals surface area contributed by atoms with Gasteiger partial charge in [0.05, 0.1) is 16.3 Å². The normalized spacial score (nSPS) is 11.1. The predicted octanol–water partition coefficient (Wildman–Crippen LogP) is 4.56. The largest absolute Gasteiger partial charge is 0.319 e. The van der Waals surface area contributed by atoms with Crippen LogP contribution in [0.3, 0.4) is 0 Å². The molecule has 0 saturated heterocycles. The van der Waals surface area contributed by atoms with E-state index in [-0.39, 0.29) is 21.2 Å². The molecule has 0 aliphatic heterocycles. The fourth-order valence-corrected chi connectivity index (χ4v) is 3.85. The Morgan fingerprint density at radius 3 is 2.25 bits per heavy atom. The van der Waals surface area contributed by atoms with Crippen LogP contribution < -0.4 is 9.62 Å². The van der Waals surface area contributed by atoms with Crippen molar-refractivity contribution < 1.29 is 17.6 Å². The quantitative estimate of drug-likeness (QED) is 0.660. The molecular weight excluding hydrogens is 403 g/mol. The maximum absolute atomic E-state index is 13.8. The van der Waals surface area contributed by atoms with E-state index in [1.165, 1.54) is 43.4 Å². The zero-order chi connectivity index (χ0) is 20.3. The Hall–Kier alpha value is -2.90. The van der Waals surface area contributed by atoms with Gasteiger partial charge in [0, 0.05) is 17.6 Å². The van der Waals surface area contributed by atoms with E-state index in [0.717, 1.165) is 10.4 Å². The van der Waals surface area contributed by atoms with E-state index >= 15 is 0 Å². The van der Waals surface area contributed by atoms with E-state index in [1.807, 2.05) is 0 Å². The number of amides is 1. The number of para-hydroxylation sites is 1. The van der Waals surface area contributed by atoms with Crippen LogP contribution in [0.4, 0.5) is 15.8 Å². The van der Waals surface area contributed by atoms with Gasteiger partial charge in [-0.15, -0.1) is 0 Å². The molecule has 0 bridgehead atoms. The van der Waals surface area contributed by atoms with Crippen LogP contribution in [0.15, 0.2) is 77.7 Å². The van der Waals surface area contributed by atoms with Crippen molar-refractivity contribution in [1.29, 1.82) is 0 Å². The summed E-state index contributed by atoms with van der Waals surface area (Å²) in [5, 5.41) is 2.64. The lowest BCUT2D eigenvalue weighted by Gasteiger charge is -2.19. The number of benzene rings is 3. The number of carbonyl (C=O) groups excluding carboxylic acids is 1. The first kappa shape index (κ1) is 19.9. The van der Waals surface area contributed by atoms with Gasteiger partial charge in [0.2, 0.25) is 0 Å². The van der Waals surface area contributed by atoms with Crippen molar-refractivity contribution in [2.45, 2.75) is 4.90 Å². The summed E-state index contributed by atoms with van der Waals surface area (Å²) in [6.07, 6.45) is 0. The highest BCUT2D eigenvalue weighted by Crippen LogP contribution is 2.23. The summed E-state index contributed by atoms with van der Waals surface area (Å²) in [7, 11) is -2.32. The number of nitrogens with one attached hydrogen (secondary N) is 1. The predicted molar refractivity (Wildman–Crippen MR) is 108 cm³/mol. The van der Waals surface area contributed by atoms with E-state index < -0.39 is 21.7 Å². The summed E-state index contributed by atoms with van der Waals surface area (Å²) in [6, 6.07) is 17.9. The highest BCUT2D eigenvalue weighted by atomic mass is 35.5. The van der Waals surface area contributed by atoms with Crippen molar-refractivity contribution >= 4 is 38.9 Å². The summed E-state index contributed by atoms with van der Waals surface area (Å²) in [5.74, 6) is -1.23. The average Bonchev–Trinajstić information content (AvgIpc) is 2.70. The lowest BCUT2D eigenvalue weighted by Crippen LogP contribution is -2.26. The molecule has 1 N–H and O–H groups in total. The number of hydrogen-bond donors (Lipinski definition) is 1. The Balaban J connectivity index is 1.80.